The third-order valence-electron chi connectivity index (χ3n) is 3.66. The van der Waals surface area contributed by atoms with Crippen LogP contribution >= 0.6 is 0 Å². The second kappa shape index (κ2) is 7.06. The lowest BCUT2D eigenvalue weighted by Gasteiger charge is -2.27. The van der Waals surface area contributed by atoms with E-state index in [0.717, 1.165) is 6.42 Å². The zero-order chi connectivity index (χ0) is 15.3. The van der Waals surface area contributed by atoms with Crippen molar-refractivity contribution >= 4 is 21.7 Å². The summed E-state index contributed by atoms with van der Waals surface area (Å²) in [7, 11) is -3.02. The molecule has 20 heavy (non-hydrogen) atoms. The van der Waals surface area contributed by atoms with Gasteiger partial charge in [0.15, 0.2) is 0 Å². The Kier molecular flexibility index (Phi) is 5.98. The van der Waals surface area contributed by atoms with Gasteiger partial charge in [-0.1, -0.05) is 20.3 Å². The number of amides is 2. The van der Waals surface area contributed by atoms with Gasteiger partial charge in [0, 0.05) is 25.8 Å². The number of sulfone groups is 1. The monoisotopic (exact) mass is 304 g/mol. The Balaban J connectivity index is 2.69. The van der Waals surface area contributed by atoms with Crippen LogP contribution in [0.3, 0.4) is 0 Å². The average Bonchev–Trinajstić information content (AvgIpc) is 2.49. The standard InChI is InChI=1S/C13H24N2O4S/c1-4-10(2)12-13(17)15(8-6-11(16)14-12)7-5-9-20(3,18)19/h10,12H,4-9H2,1-3H3,(H,14,16). The van der Waals surface area contributed by atoms with Gasteiger partial charge in [-0.25, -0.2) is 8.42 Å². The van der Waals surface area contributed by atoms with Crippen molar-refractivity contribution in [2.24, 2.45) is 5.92 Å². The maximum Gasteiger partial charge on any atom is 0.245 e. The highest BCUT2D eigenvalue weighted by molar-refractivity contribution is 7.90. The highest BCUT2D eigenvalue weighted by Crippen LogP contribution is 2.14. The smallest absolute Gasteiger partial charge is 0.245 e. The summed E-state index contributed by atoms with van der Waals surface area (Å²) in [6.07, 6.45) is 2.67. The normalized spacial score (nSPS) is 22.4. The number of carbonyl (C=O) groups excluding carboxylic acids is 2. The minimum Gasteiger partial charge on any atom is -0.344 e. The van der Waals surface area contributed by atoms with E-state index in [0.29, 0.717) is 19.5 Å². The van der Waals surface area contributed by atoms with Gasteiger partial charge in [-0.2, -0.15) is 0 Å². The summed E-state index contributed by atoms with van der Waals surface area (Å²) in [5.74, 6) is -0.0819. The molecule has 7 heteroatoms. The van der Waals surface area contributed by atoms with Gasteiger partial charge < -0.3 is 10.2 Å². The molecule has 1 rings (SSSR count). The molecule has 6 nitrogen and oxygen atoms in total. The first-order valence-corrected chi connectivity index (χ1v) is 9.06. The zero-order valence-corrected chi connectivity index (χ0v) is 13.2. The fraction of sp³-hybridized carbons (Fsp3) is 0.846. The van der Waals surface area contributed by atoms with E-state index in [9.17, 15) is 18.0 Å². The molecule has 0 saturated carbocycles. The Labute approximate surface area is 120 Å². The lowest BCUT2D eigenvalue weighted by atomic mass is 9.98. The van der Waals surface area contributed by atoms with E-state index < -0.39 is 15.9 Å². The van der Waals surface area contributed by atoms with E-state index in [-0.39, 0.29) is 29.9 Å². The Bertz CT molecular complexity index is 461. The predicted octanol–water partition coefficient (Wildman–Crippen LogP) is 0.184. The molecule has 0 spiro atoms. The molecule has 0 aliphatic carbocycles. The van der Waals surface area contributed by atoms with Crippen LogP contribution in [0.2, 0.25) is 0 Å². The van der Waals surface area contributed by atoms with Gasteiger partial charge in [-0.15, -0.1) is 0 Å². The minimum atomic E-state index is -3.02. The van der Waals surface area contributed by atoms with Crippen LogP contribution in [0.5, 0.6) is 0 Å². The number of nitrogens with one attached hydrogen (secondary N) is 1. The van der Waals surface area contributed by atoms with Crippen molar-refractivity contribution in [1.82, 2.24) is 10.2 Å². The first-order chi connectivity index (χ1) is 9.24. The van der Waals surface area contributed by atoms with E-state index in [4.69, 9.17) is 0 Å². The second-order valence-electron chi connectivity index (χ2n) is 5.49. The van der Waals surface area contributed by atoms with Crippen LogP contribution < -0.4 is 5.32 Å². The first-order valence-electron chi connectivity index (χ1n) is 7.00. The van der Waals surface area contributed by atoms with Crippen LogP contribution in [0, 0.1) is 5.92 Å². The van der Waals surface area contributed by atoms with Gasteiger partial charge in [0.25, 0.3) is 0 Å². The summed E-state index contributed by atoms with van der Waals surface area (Å²) in [6, 6.07) is -0.492. The number of carbonyl (C=O) groups is 2. The van der Waals surface area contributed by atoms with Crippen molar-refractivity contribution in [3.8, 4) is 0 Å². The number of rotatable bonds is 6. The molecule has 1 aliphatic rings. The summed E-state index contributed by atoms with van der Waals surface area (Å²) < 4.78 is 22.2. The second-order valence-corrected chi connectivity index (χ2v) is 7.75. The Morgan fingerprint density at radius 2 is 2.05 bits per heavy atom. The van der Waals surface area contributed by atoms with E-state index in [1.807, 2.05) is 13.8 Å². The van der Waals surface area contributed by atoms with Crippen molar-refractivity contribution in [1.29, 1.82) is 0 Å². The molecular formula is C13H24N2O4S. The molecule has 1 fully saturated rings. The van der Waals surface area contributed by atoms with Gasteiger partial charge in [0.05, 0.1) is 5.75 Å². The summed E-state index contributed by atoms with van der Waals surface area (Å²) in [4.78, 5) is 25.7. The third kappa shape index (κ3) is 5.11. The minimum absolute atomic E-state index is 0.0617. The van der Waals surface area contributed by atoms with Crippen molar-refractivity contribution in [2.75, 3.05) is 25.1 Å². The van der Waals surface area contributed by atoms with E-state index in [2.05, 4.69) is 5.32 Å². The maximum absolute atomic E-state index is 12.4. The van der Waals surface area contributed by atoms with Gasteiger partial charge >= 0.3 is 0 Å². The third-order valence-corrected chi connectivity index (χ3v) is 4.69. The largest absolute Gasteiger partial charge is 0.344 e. The predicted molar refractivity (Wildman–Crippen MR) is 76.9 cm³/mol. The van der Waals surface area contributed by atoms with Gasteiger partial charge in [-0.05, 0) is 12.3 Å². The molecule has 1 saturated heterocycles. The van der Waals surface area contributed by atoms with Gasteiger partial charge in [-0.3, -0.25) is 9.59 Å². The van der Waals surface area contributed by atoms with Gasteiger partial charge in [0.2, 0.25) is 11.8 Å². The molecule has 0 aromatic carbocycles. The fourth-order valence-electron chi connectivity index (χ4n) is 2.21. The number of nitrogens with zero attached hydrogens (tertiary/aromatic N) is 1. The van der Waals surface area contributed by atoms with Crippen LogP contribution in [0.25, 0.3) is 0 Å². The topological polar surface area (TPSA) is 83.6 Å². The molecule has 116 valence electrons. The molecule has 2 unspecified atom stereocenters. The summed E-state index contributed by atoms with van der Waals surface area (Å²) in [5.41, 5.74) is 0. The molecule has 1 aliphatic heterocycles. The SMILES string of the molecule is CCC(C)C1NC(=O)CCN(CCCS(C)(=O)=O)C1=O. The van der Waals surface area contributed by atoms with Crippen molar-refractivity contribution in [3.05, 3.63) is 0 Å². The Morgan fingerprint density at radius 1 is 1.40 bits per heavy atom. The van der Waals surface area contributed by atoms with E-state index in [1.54, 1.807) is 4.90 Å². The molecule has 0 radical (unpaired) electrons. The molecular weight excluding hydrogens is 280 g/mol. The van der Waals surface area contributed by atoms with E-state index >= 15 is 0 Å². The van der Waals surface area contributed by atoms with E-state index in [1.165, 1.54) is 6.26 Å². The van der Waals surface area contributed by atoms with Crippen LogP contribution in [-0.2, 0) is 19.4 Å². The zero-order valence-electron chi connectivity index (χ0n) is 12.4. The lowest BCUT2D eigenvalue weighted by molar-refractivity contribution is -0.134. The average molecular weight is 304 g/mol. The van der Waals surface area contributed by atoms with Crippen LogP contribution in [0.15, 0.2) is 0 Å². The molecule has 2 atom stereocenters. The molecule has 0 aromatic rings. The molecule has 0 bridgehead atoms. The maximum atomic E-state index is 12.4. The fourth-order valence-corrected chi connectivity index (χ4v) is 2.87. The molecule has 0 aromatic heterocycles. The Morgan fingerprint density at radius 3 is 2.60 bits per heavy atom. The number of hydrogen-bond donors (Lipinski definition) is 1. The molecule has 2 amide bonds. The summed E-state index contributed by atoms with van der Waals surface area (Å²) in [6.45, 7) is 4.65. The highest BCUT2D eigenvalue weighted by Gasteiger charge is 2.32. The van der Waals surface area contributed by atoms with Crippen LogP contribution in [0.4, 0.5) is 0 Å². The van der Waals surface area contributed by atoms with Crippen LogP contribution in [0.1, 0.15) is 33.1 Å². The summed E-state index contributed by atoms with van der Waals surface area (Å²) in [5, 5.41) is 2.77. The van der Waals surface area contributed by atoms with Gasteiger partial charge in [0.1, 0.15) is 15.9 Å². The Hall–Kier alpha value is -1.11. The van der Waals surface area contributed by atoms with Crippen LogP contribution in [-0.4, -0.2) is 56.3 Å². The lowest BCUT2D eigenvalue weighted by Crippen LogP contribution is -2.48. The number of hydrogen-bond acceptors (Lipinski definition) is 4. The molecule has 1 heterocycles. The quantitative estimate of drug-likeness (QED) is 0.759. The van der Waals surface area contributed by atoms with Crippen molar-refractivity contribution in [2.45, 2.75) is 39.2 Å². The first kappa shape index (κ1) is 16.9. The van der Waals surface area contributed by atoms with Crippen molar-refractivity contribution in [3.63, 3.8) is 0 Å². The highest BCUT2D eigenvalue weighted by atomic mass is 32.2. The van der Waals surface area contributed by atoms with Crippen molar-refractivity contribution < 1.29 is 18.0 Å². The molecule has 1 N–H and O–H groups in total. The summed E-state index contributed by atoms with van der Waals surface area (Å²) >= 11 is 0.